The molecule has 1 N–H and O–H groups in total. The van der Waals surface area contributed by atoms with E-state index in [1.54, 1.807) is 23.7 Å². The molecule has 132 valence electrons. The van der Waals surface area contributed by atoms with Crippen LogP contribution in [0.1, 0.15) is 22.0 Å². The number of rotatable bonds is 4. The number of aromatic nitrogens is 3. The number of aryl methyl sites for hydroxylation is 1. The molecule has 0 aliphatic carbocycles. The van der Waals surface area contributed by atoms with Crippen molar-refractivity contribution in [1.29, 1.82) is 0 Å². The summed E-state index contributed by atoms with van der Waals surface area (Å²) >= 11 is 5.90. The largest absolute Gasteiger partial charge is 0.454 e. The van der Waals surface area contributed by atoms with Gasteiger partial charge in [0.15, 0.2) is 11.5 Å². The maximum atomic E-state index is 12.4. The first-order valence-electron chi connectivity index (χ1n) is 7.96. The van der Waals surface area contributed by atoms with Gasteiger partial charge in [-0.3, -0.25) is 4.79 Å². The number of hydrogen-bond donors (Lipinski definition) is 1. The summed E-state index contributed by atoms with van der Waals surface area (Å²) in [5.74, 6) is 1.76. The second-order valence-electron chi connectivity index (χ2n) is 5.74. The van der Waals surface area contributed by atoms with Crippen molar-refractivity contribution in [2.24, 2.45) is 0 Å². The number of hydrogen-bond acceptors (Lipinski definition) is 5. The van der Waals surface area contributed by atoms with Crippen molar-refractivity contribution in [3.8, 4) is 17.2 Å². The van der Waals surface area contributed by atoms with Crippen LogP contribution in [0.4, 0.5) is 0 Å². The Morgan fingerprint density at radius 3 is 2.77 bits per heavy atom. The number of halogens is 1. The van der Waals surface area contributed by atoms with Crippen molar-refractivity contribution in [2.75, 3.05) is 6.79 Å². The maximum Gasteiger partial charge on any atom is 0.291 e. The highest BCUT2D eigenvalue weighted by atomic mass is 35.5. The van der Waals surface area contributed by atoms with E-state index in [0.717, 1.165) is 11.3 Å². The van der Waals surface area contributed by atoms with Crippen LogP contribution in [0.3, 0.4) is 0 Å². The molecule has 1 aliphatic heterocycles. The molecule has 26 heavy (non-hydrogen) atoms. The molecule has 8 heteroatoms. The van der Waals surface area contributed by atoms with Crippen LogP contribution in [-0.4, -0.2) is 27.5 Å². The first-order valence-corrected chi connectivity index (χ1v) is 8.34. The lowest BCUT2D eigenvalue weighted by Gasteiger charge is -2.04. The number of fused-ring (bicyclic) bond motifs is 1. The van der Waals surface area contributed by atoms with Gasteiger partial charge in [0, 0.05) is 11.6 Å². The zero-order valence-electron chi connectivity index (χ0n) is 13.9. The molecule has 0 saturated heterocycles. The predicted octanol–water partition coefficient (Wildman–Crippen LogP) is 2.89. The molecule has 1 amide bonds. The second-order valence-corrected chi connectivity index (χ2v) is 6.18. The van der Waals surface area contributed by atoms with E-state index in [9.17, 15) is 4.79 Å². The molecule has 0 atom stereocenters. The molecule has 0 unspecified atom stereocenters. The number of ether oxygens (including phenoxy) is 2. The van der Waals surface area contributed by atoms with Gasteiger partial charge in [0.1, 0.15) is 5.82 Å². The third kappa shape index (κ3) is 3.21. The quantitative estimate of drug-likeness (QED) is 0.764. The molecular weight excluding hydrogens is 356 g/mol. The summed E-state index contributed by atoms with van der Waals surface area (Å²) in [7, 11) is 0. The highest BCUT2D eigenvalue weighted by molar-refractivity contribution is 6.30. The minimum absolute atomic E-state index is 0.109. The molecule has 7 nitrogen and oxygen atoms in total. The van der Waals surface area contributed by atoms with E-state index < -0.39 is 0 Å². The minimum atomic E-state index is -0.349. The Kier molecular flexibility index (Phi) is 4.22. The Labute approximate surface area is 154 Å². The summed E-state index contributed by atoms with van der Waals surface area (Å²) in [6.45, 7) is 2.34. The van der Waals surface area contributed by atoms with Gasteiger partial charge < -0.3 is 14.8 Å². The fraction of sp³-hybridized carbons (Fsp3) is 0.167. The molecule has 2 heterocycles. The molecule has 0 radical (unpaired) electrons. The van der Waals surface area contributed by atoms with Crippen LogP contribution < -0.4 is 14.8 Å². The summed E-state index contributed by atoms with van der Waals surface area (Å²) in [4.78, 5) is 16.6. The second kappa shape index (κ2) is 6.68. The summed E-state index contributed by atoms with van der Waals surface area (Å²) in [5, 5.41) is 7.73. The van der Waals surface area contributed by atoms with Gasteiger partial charge in [-0.1, -0.05) is 17.7 Å². The SMILES string of the molecule is Cc1nc(C(=O)NCc2ccc3c(c2)OCO3)nn1-c1ccc(Cl)cc1. The van der Waals surface area contributed by atoms with Crippen LogP contribution in [-0.2, 0) is 6.54 Å². The van der Waals surface area contributed by atoms with Crippen molar-refractivity contribution < 1.29 is 14.3 Å². The molecule has 4 rings (SSSR count). The fourth-order valence-electron chi connectivity index (χ4n) is 2.63. The average molecular weight is 371 g/mol. The summed E-state index contributed by atoms with van der Waals surface area (Å²) in [6.07, 6.45) is 0. The number of benzene rings is 2. The van der Waals surface area contributed by atoms with Gasteiger partial charge in [-0.25, -0.2) is 9.67 Å². The number of amides is 1. The number of nitrogens with zero attached hydrogens (tertiary/aromatic N) is 3. The summed E-state index contributed by atoms with van der Waals surface area (Å²) < 4.78 is 12.2. The van der Waals surface area contributed by atoms with E-state index in [2.05, 4.69) is 15.4 Å². The Bertz CT molecular complexity index is 969. The monoisotopic (exact) mass is 370 g/mol. The third-order valence-electron chi connectivity index (χ3n) is 3.93. The van der Waals surface area contributed by atoms with Crippen LogP contribution in [0.5, 0.6) is 11.5 Å². The van der Waals surface area contributed by atoms with Gasteiger partial charge in [0.2, 0.25) is 12.6 Å². The summed E-state index contributed by atoms with van der Waals surface area (Å²) in [6, 6.07) is 12.7. The van der Waals surface area contributed by atoms with Crippen LogP contribution in [0.25, 0.3) is 5.69 Å². The number of carbonyl (C=O) groups excluding carboxylic acids is 1. The van der Waals surface area contributed by atoms with E-state index >= 15 is 0 Å². The molecule has 0 saturated carbocycles. The Balaban J connectivity index is 1.47. The van der Waals surface area contributed by atoms with Gasteiger partial charge in [0.05, 0.1) is 5.69 Å². The molecule has 3 aromatic rings. The van der Waals surface area contributed by atoms with E-state index in [-0.39, 0.29) is 18.5 Å². The van der Waals surface area contributed by atoms with Crippen LogP contribution in [0.2, 0.25) is 5.02 Å². The Morgan fingerprint density at radius 2 is 1.96 bits per heavy atom. The Morgan fingerprint density at radius 1 is 1.19 bits per heavy atom. The van der Waals surface area contributed by atoms with Gasteiger partial charge in [0.25, 0.3) is 5.91 Å². The molecule has 0 bridgehead atoms. The Hall–Kier alpha value is -3.06. The molecular formula is C18H15ClN4O3. The van der Waals surface area contributed by atoms with Crippen molar-refractivity contribution in [1.82, 2.24) is 20.1 Å². The van der Waals surface area contributed by atoms with E-state index in [1.807, 2.05) is 30.3 Å². The lowest BCUT2D eigenvalue weighted by molar-refractivity contribution is 0.0940. The number of carbonyl (C=O) groups is 1. The van der Waals surface area contributed by atoms with Crippen molar-refractivity contribution in [3.63, 3.8) is 0 Å². The minimum Gasteiger partial charge on any atom is -0.454 e. The zero-order valence-corrected chi connectivity index (χ0v) is 14.7. The van der Waals surface area contributed by atoms with E-state index in [0.29, 0.717) is 28.9 Å². The predicted molar refractivity (Wildman–Crippen MR) is 94.8 cm³/mol. The van der Waals surface area contributed by atoms with Gasteiger partial charge in [-0.15, -0.1) is 5.10 Å². The first-order chi connectivity index (χ1) is 12.6. The lowest BCUT2D eigenvalue weighted by Crippen LogP contribution is -2.24. The van der Waals surface area contributed by atoms with Gasteiger partial charge >= 0.3 is 0 Å². The van der Waals surface area contributed by atoms with Gasteiger partial charge in [-0.2, -0.15) is 0 Å². The maximum absolute atomic E-state index is 12.4. The standard InChI is InChI=1S/C18H15ClN4O3/c1-11-21-17(22-23(11)14-5-3-13(19)4-6-14)18(24)20-9-12-2-7-15-16(8-12)26-10-25-15/h2-8H,9-10H2,1H3,(H,20,24). The van der Waals surface area contributed by atoms with Gasteiger partial charge in [-0.05, 0) is 48.9 Å². The molecule has 1 aromatic heterocycles. The third-order valence-corrected chi connectivity index (χ3v) is 4.19. The van der Waals surface area contributed by atoms with Crippen LogP contribution in [0, 0.1) is 6.92 Å². The highest BCUT2D eigenvalue weighted by Crippen LogP contribution is 2.32. The number of nitrogens with one attached hydrogen (secondary N) is 1. The van der Waals surface area contributed by atoms with Crippen LogP contribution in [0.15, 0.2) is 42.5 Å². The van der Waals surface area contributed by atoms with Crippen molar-refractivity contribution >= 4 is 17.5 Å². The average Bonchev–Trinajstić information content (AvgIpc) is 3.26. The van der Waals surface area contributed by atoms with E-state index in [1.165, 1.54) is 0 Å². The topological polar surface area (TPSA) is 78.3 Å². The molecule has 0 spiro atoms. The van der Waals surface area contributed by atoms with Crippen molar-refractivity contribution in [3.05, 3.63) is 64.7 Å². The normalized spacial score (nSPS) is 12.2. The smallest absolute Gasteiger partial charge is 0.291 e. The molecule has 2 aromatic carbocycles. The first kappa shape index (κ1) is 16.4. The summed E-state index contributed by atoms with van der Waals surface area (Å²) in [5.41, 5.74) is 1.69. The van der Waals surface area contributed by atoms with Crippen LogP contribution >= 0.6 is 11.6 Å². The molecule has 1 aliphatic rings. The van der Waals surface area contributed by atoms with E-state index in [4.69, 9.17) is 21.1 Å². The zero-order chi connectivity index (χ0) is 18.1. The lowest BCUT2D eigenvalue weighted by atomic mass is 10.2. The fourth-order valence-corrected chi connectivity index (χ4v) is 2.75. The highest BCUT2D eigenvalue weighted by Gasteiger charge is 2.17. The molecule has 0 fully saturated rings. The van der Waals surface area contributed by atoms with Crippen molar-refractivity contribution in [2.45, 2.75) is 13.5 Å².